The lowest BCUT2D eigenvalue weighted by Gasteiger charge is -2.39. The molecule has 1 saturated carbocycles. The van der Waals surface area contributed by atoms with Crippen molar-refractivity contribution in [2.24, 2.45) is 0 Å². The van der Waals surface area contributed by atoms with Gasteiger partial charge < -0.3 is 20.4 Å². The minimum Gasteiger partial charge on any atom is -0.366 e. The summed E-state index contributed by atoms with van der Waals surface area (Å²) in [5.74, 6) is -0.813. The number of carbonyl (C=O) groups is 2. The first-order chi connectivity index (χ1) is 27.2. The fourth-order valence-electron chi connectivity index (χ4n) is 8.83. The molecule has 0 bridgehead atoms. The number of hydrogen-bond acceptors (Lipinski definition) is 8. The molecule has 4 aromatic rings. The van der Waals surface area contributed by atoms with E-state index in [2.05, 4.69) is 20.4 Å². The molecule has 56 heavy (non-hydrogen) atoms. The number of amides is 2. The fourth-order valence-corrected chi connectivity index (χ4v) is 8.83. The molecule has 0 unspecified atom stereocenters. The normalized spacial score (nSPS) is 17.3. The van der Waals surface area contributed by atoms with Crippen LogP contribution < -0.4 is 20.4 Å². The van der Waals surface area contributed by atoms with E-state index in [1.54, 1.807) is 24.3 Å². The van der Waals surface area contributed by atoms with E-state index in [0.717, 1.165) is 121 Å². The van der Waals surface area contributed by atoms with Crippen molar-refractivity contribution >= 4 is 45.9 Å². The van der Waals surface area contributed by atoms with E-state index in [-0.39, 0.29) is 27.9 Å². The average molecular weight is 759 g/mol. The summed E-state index contributed by atoms with van der Waals surface area (Å²) >= 11 is 0. The fraction of sp³-hybridized carbons (Fsp3) is 0.409. The third kappa shape index (κ3) is 8.54. The molecule has 7 rings (SSSR count). The van der Waals surface area contributed by atoms with Crippen LogP contribution in [0.2, 0.25) is 0 Å². The number of hydrogen-bond donors (Lipinski definition) is 2. The van der Waals surface area contributed by atoms with Gasteiger partial charge in [0, 0.05) is 66.2 Å². The Kier molecular flexibility index (Phi) is 11.9. The molecule has 4 aromatic carbocycles. The molecule has 0 spiro atoms. The SMILES string of the molecule is O=C(Nc1ccc(C2(c3ccc(NC(=O)c4ccc(N5CCCCCC5)c([N+](=O)[O-])c4)cc3)CCCCC2)cc1)c1ccc(N2CCCCCC2)c([N+](=O)[O-])c1. The number of anilines is 4. The highest BCUT2D eigenvalue weighted by atomic mass is 16.6. The number of rotatable bonds is 10. The molecular weight excluding hydrogens is 709 g/mol. The first-order valence-electron chi connectivity index (χ1n) is 20.1. The van der Waals surface area contributed by atoms with Crippen LogP contribution in [0.3, 0.4) is 0 Å². The maximum absolute atomic E-state index is 13.3. The quantitative estimate of drug-likeness (QED) is 0.120. The maximum atomic E-state index is 13.3. The molecule has 3 aliphatic rings. The predicted octanol–water partition coefficient (Wildman–Crippen LogP) is 10.0. The van der Waals surface area contributed by atoms with Crippen LogP contribution in [0.1, 0.15) is 115 Å². The average Bonchev–Trinajstić information content (AvgIpc) is 3.68. The Morgan fingerprint density at radius 1 is 0.500 bits per heavy atom. The highest BCUT2D eigenvalue weighted by molar-refractivity contribution is 6.06. The lowest BCUT2D eigenvalue weighted by atomic mass is 9.65. The summed E-state index contributed by atoms with van der Waals surface area (Å²) in [7, 11) is 0. The molecule has 2 saturated heterocycles. The van der Waals surface area contributed by atoms with Crippen LogP contribution in [0.4, 0.5) is 34.1 Å². The van der Waals surface area contributed by atoms with Gasteiger partial charge in [0.2, 0.25) is 0 Å². The van der Waals surface area contributed by atoms with E-state index in [1.807, 2.05) is 48.5 Å². The molecule has 0 radical (unpaired) electrons. The number of benzene rings is 4. The van der Waals surface area contributed by atoms with E-state index >= 15 is 0 Å². The lowest BCUT2D eigenvalue weighted by Crippen LogP contribution is -2.30. The van der Waals surface area contributed by atoms with E-state index in [1.165, 1.54) is 12.1 Å². The third-order valence-electron chi connectivity index (χ3n) is 11.9. The summed E-state index contributed by atoms with van der Waals surface area (Å²) < 4.78 is 0. The minimum absolute atomic E-state index is 0.0547. The van der Waals surface area contributed by atoms with Crippen molar-refractivity contribution in [3.63, 3.8) is 0 Å². The molecule has 1 aliphatic carbocycles. The number of nitro groups is 2. The summed E-state index contributed by atoms with van der Waals surface area (Å²) in [5, 5.41) is 30.0. The smallest absolute Gasteiger partial charge is 0.293 e. The summed E-state index contributed by atoms with van der Waals surface area (Å²) in [6.45, 7) is 3.07. The van der Waals surface area contributed by atoms with E-state index in [0.29, 0.717) is 22.7 Å². The van der Waals surface area contributed by atoms with E-state index in [9.17, 15) is 29.8 Å². The van der Waals surface area contributed by atoms with Crippen molar-refractivity contribution < 1.29 is 19.4 Å². The van der Waals surface area contributed by atoms with Crippen molar-refractivity contribution in [2.45, 2.75) is 88.9 Å². The first-order valence-corrected chi connectivity index (χ1v) is 20.1. The molecular formula is C44H50N6O6. The van der Waals surface area contributed by atoms with Crippen molar-refractivity contribution in [1.82, 2.24) is 0 Å². The number of nitro benzene ring substituents is 2. The van der Waals surface area contributed by atoms with Gasteiger partial charge in [-0.15, -0.1) is 0 Å². The number of nitrogens with zero attached hydrogens (tertiary/aromatic N) is 4. The Balaban J connectivity index is 1.04. The van der Waals surface area contributed by atoms with E-state index < -0.39 is 21.7 Å². The second-order valence-electron chi connectivity index (χ2n) is 15.4. The summed E-state index contributed by atoms with van der Waals surface area (Å²) in [4.78, 5) is 54.1. The molecule has 2 amide bonds. The highest BCUT2D eigenvalue weighted by Crippen LogP contribution is 2.45. The van der Waals surface area contributed by atoms with Gasteiger partial charge in [0.05, 0.1) is 9.85 Å². The van der Waals surface area contributed by atoms with Crippen molar-refractivity contribution in [3.05, 3.63) is 127 Å². The zero-order valence-electron chi connectivity index (χ0n) is 31.8. The molecule has 2 heterocycles. The van der Waals surface area contributed by atoms with Crippen molar-refractivity contribution in [1.29, 1.82) is 0 Å². The van der Waals surface area contributed by atoms with Gasteiger partial charge in [-0.1, -0.05) is 69.2 Å². The zero-order chi connectivity index (χ0) is 39.1. The molecule has 2 aliphatic heterocycles. The molecule has 0 atom stereocenters. The Labute approximate surface area is 327 Å². The zero-order valence-corrected chi connectivity index (χ0v) is 31.8. The van der Waals surface area contributed by atoms with Gasteiger partial charge in [0.25, 0.3) is 23.2 Å². The van der Waals surface area contributed by atoms with Gasteiger partial charge in [0.1, 0.15) is 11.4 Å². The van der Waals surface area contributed by atoms with Crippen LogP contribution in [0.5, 0.6) is 0 Å². The predicted molar refractivity (Wildman–Crippen MR) is 220 cm³/mol. The Hall–Kier alpha value is -5.78. The highest BCUT2D eigenvalue weighted by Gasteiger charge is 2.36. The number of carbonyl (C=O) groups excluding carboxylic acids is 2. The monoisotopic (exact) mass is 758 g/mol. The van der Waals surface area contributed by atoms with Crippen molar-refractivity contribution in [2.75, 3.05) is 46.6 Å². The van der Waals surface area contributed by atoms with Gasteiger partial charge in [-0.25, -0.2) is 0 Å². The second kappa shape index (κ2) is 17.3. The largest absolute Gasteiger partial charge is 0.366 e. The second-order valence-corrected chi connectivity index (χ2v) is 15.4. The van der Waals surface area contributed by atoms with Gasteiger partial charge in [-0.2, -0.15) is 0 Å². The Morgan fingerprint density at radius 3 is 1.21 bits per heavy atom. The van der Waals surface area contributed by atoms with Gasteiger partial charge in [-0.05, 0) is 98.2 Å². The van der Waals surface area contributed by atoms with E-state index in [4.69, 9.17) is 0 Å². The topological polar surface area (TPSA) is 151 Å². The standard InChI is InChI=1S/C44H50N6O6/c51-42(32-12-22-38(40(30-32)49(53)54)47-26-8-1-2-9-27-47)45-36-18-14-34(15-19-36)44(24-6-5-7-25-44)35-16-20-37(21-17-35)46-43(52)33-13-23-39(41(31-33)50(55)56)48-28-10-3-4-11-29-48/h12-23,30-31H,1-11,24-29H2,(H,45,51)(H,46,52). The van der Waals surface area contributed by atoms with Crippen LogP contribution in [0.25, 0.3) is 0 Å². The molecule has 2 N–H and O–H groups in total. The summed E-state index contributed by atoms with van der Waals surface area (Å²) in [6, 6.07) is 25.2. The maximum Gasteiger partial charge on any atom is 0.293 e. The van der Waals surface area contributed by atoms with Crippen molar-refractivity contribution in [3.8, 4) is 0 Å². The summed E-state index contributed by atoms with van der Waals surface area (Å²) in [5.41, 5.74) is 4.68. The molecule has 292 valence electrons. The third-order valence-corrected chi connectivity index (χ3v) is 11.9. The molecule has 12 heteroatoms. The molecule has 3 fully saturated rings. The van der Waals surface area contributed by atoms with Crippen LogP contribution >= 0.6 is 0 Å². The van der Waals surface area contributed by atoms with Gasteiger partial charge in [-0.3, -0.25) is 29.8 Å². The van der Waals surface area contributed by atoms with Crippen LogP contribution in [0.15, 0.2) is 84.9 Å². The minimum atomic E-state index is -0.406. The van der Waals surface area contributed by atoms with Gasteiger partial charge >= 0.3 is 0 Å². The number of nitrogens with one attached hydrogen (secondary N) is 2. The van der Waals surface area contributed by atoms with Crippen LogP contribution in [0, 0.1) is 20.2 Å². The summed E-state index contributed by atoms with van der Waals surface area (Å²) in [6.07, 6.45) is 13.6. The molecule has 12 nitrogen and oxygen atoms in total. The lowest BCUT2D eigenvalue weighted by molar-refractivity contribution is -0.384. The Morgan fingerprint density at radius 2 is 0.857 bits per heavy atom. The molecule has 0 aromatic heterocycles. The van der Waals surface area contributed by atoms with Crippen LogP contribution in [-0.2, 0) is 5.41 Å². The van der Waals surface area contributed by atoms with Gasteiger partial charge in [0.15, 0.2) is 0 Å². The van der Waals surface area contributed by atoms with Crippen LogP contribution in [-0.4, -0.2) is 47.8 Å². The Bertz CT molecular complexity index is 1900. The first kappa shape index (κ1) is 38.5.